The molecule has 0 aliphatic heterocycles. The summed E-state index contributed by atoms with van der Waals surface area (Å²) < 4.78 is 5.26. The van der Waals surface area contributed by atoms with Gasteiger partial charge in [0.25, 0.3) is 0 Å². The summed E-state index contributed by atoms with van der Waals surface area (Å²) in [5, 5.41) is 8.83. The van der Waals surface area contributed by atoms with E-state index in [0.29, 0.717) is 5.56 Å². The Morgan fingerprint density at radius 1 is 1.57 bits per heavy atom. The molecule has 0 spiro atoms. The fraction of sp³-hybridized carbons (Fsp3) is 0.200. The number of nitrogens with zero attached hydrogens (tertiary/aromatic N) is 1. The van der Waals surface area contributed by atoms with Crippen LogP contribution in [0.15, 0.2) is 28.7 Å². The topological polar surface area (TPSA) is 50.1 Å². The van der Waals surface area contributed by atoms with Crippen LogP contribution in [0.1, 0.15) is 11.5 Å². The van der Waals surface area contributed by atoms with E-state index in [0.717, 1.165) is 4.47 Å². The van der Waals surface area contributed by atoms with Gasteiger partial charge in [-0.25, -0.2) is 0 Å². The standard InChI is InChI=1S/C10H8BrNO2/c1-14-10(13)8(6-12)7-4-2-3-5-9(7)11/h2-5,8H,1H3/t8-/m1/s1. The van der Waals surface area contributed by atoms with Gasteiger partial charge in [0.15, 0.2) is 5.92 Å². The van der Waals surface area contributed by atoms with Gasteiger partial charge in [-0.05, 0) is 11.6 Å². The molecule has 0 saturated carbocycles. The first-order valence-corrected chi connectivity index (χ1v) is 4.72. The van der Waals surface area contributed by atoms with E-state index in [1.54, 1.807) is 18.2 Å². The van der Waals surface area contributed by atoms with Gasteiger partial charge in [-0.2, -0.15) is 5.26 Å². The van der Waals surface area contributed by atoms with E-state index in [2.05, 4.69) is 20.7 Å². The number of carbonyl (C=O) groups excluding carboxylic acids is 1. The van der Waals surface area contributed by atoms with Crippen molar-refractivity contribution in [2.45, 2.75) is 5.92 Å². The molecule has 1 rings (SSSR count). The fourth-order valence-electron chi connectivity index (χ4n) is 1.08. The van der Waals surface area contributed by atoms with E-state index < -0.39 is 11.9 Å². The quantitative estimate of drug-likeness (QED) is 0.760. The van der Waals surface area contributed by atoms with E-state index >= 15 is 0 Å². The molecule has 0 fully saturated rings. The summed E-state index contributed by atoms with van der Waals surface area (Å²) in [5.74, 6) is -1.41. The van der Waals surface area contributed by atoms with Crippen LogP contribution in [0.25, 0.3) is 0 Å². The monoisotopic (exact) mass is 253 g/mol. The van der Waals surface area contributed by atoms with Crippen molar-refractivity contribution in [1.29, 1.82) is 5.26 Å². The van der Waals surface area contributed by atoms with Gasteiger partial charge < -0.3 is 4.74 Å². The molecule has 1 atom stereocenters. The molecular formula is C10H8BrNO2. The van der Waals surface area contributed by atoms with E-state index in [1.807, 2.05) is 12.1 Å². The Kier molecular flexibility index (Phi) is 3.66. The molecular weight excluding hydrogens is 246 g/mol. The number of halogens is 1. The highest BCUT2D eigenvalue weighted by molar-refractivity contribution is 9.10. The van der Waals surface area contributed by atoms with E-state index in [1.165, 1.54) is 7.11 Å². The summed E-state index contributed by atoms with van der Waals surface area (Å²) in [7, 11) is 1.27. The van der Waals surface area contributed by atoms with Crippen molar-refractivity contribution in [3.05, 3.63) is 34.3 Å². The SMILES string of the molecule is COC(=O)[C@H](C#N)c1ccccc1Br. The van der Waals surface area contributed by atoms with Crippen molar-refractivity contribution in [1.82, 2.24) is 0 Å². The number of carbonyl (C=O) groups is 1. The van der Waals surface area contributed by atoms with Crippen molar-refractivity contribution in [2.24, 2.45) is 0 Å². The molecule has 1 aromatic carbocycles. The third-order valence-electron chi connectivity index (χ3n) is 1.78. The number of nitriles is 1. The number of esters is 1. The Labute approximate surface area is 90.4 Å². The highest BCUT2D eigenvalue weighted by Gasteiger charge is 2.22. The number of hydrogen-bond donors (Lipinski definition) is 0. The highest BCUT2D eigenvalue weighted by Crippen LogP contribution is 2.25. The zero-order chi connectivity index (χ0) is 10.6. The molecule has 0 aliphatic rings. The number of hydrogen-bond acceptors (Lipinski definition) is 3. The first-order valence-electron chi connectivity index (χ1n) is 3.92. The van der Waals surface area contributed by atoms with Gasteiger partial charge >= 0.3 is 5.97 Å². The minimum absolute atomic E-state index is 0.542. The van der Waals surface area contributed by atoms with Gasteiger partial charge in [-0.1, -0.05) is 34.1 Å². The van der Waals surface area contributed by atoms with Crippen LogP contribution in [0.5, 0.6) is 0 Å². The molecule has 1 aromatic rings. The second-order valence-corrected chi connectivity index (χ2v) is 3.46. The van der Waals surface area contributed by atoms with Crippen molar-refractivity contribution < 1.29 is 9.53 Å². The average Bonchev–Trinajstić information content (AvgIpc) is 2.21. The summed E-state index contributed by atoms with van der Waals surface area (Å²) in [6.07, 6.45) is 0. The smallest absolute Gasteiger partial charge is 0.327 e. The lowest BCUT2D eigenvalue weighted by Crippen LogP contribution is -2.12. The zero-order valence-electron chi connectivity index (χ0n) is 7.53. The van der Waals surface area contributed by atoms with Crippen molar-refractivity contribution >= 4 is 21.9 Å². The lowest BCUT2D eigenvalue weighted by atomic mass is 10.0. The minimum atomic E-state index is -0.865. The van der Waals surface area contributed by atoms with Gasteiger partial charge in [0, 0.05) is 4.47 Å². The van der Waals surface area contributed by atoms with Gasteiger partial charge in [-0.3, -0.25) is 4.79 Å². The first-order chi connectivity index (χ1) is 6.70. The normalized spacial score (nSPS) is 11.5. The number of rotatable bonds is 2. The van der Waals surface area contributed by atoms with Crippen LogP contribution in [0, 0.1) is 11.3 Å². The Hall–Kier alpha value is -1.34. The van der Waals surface area contributed by atoms with Crippen LogP contribution in [0.2, 0.25) is 0 Å². The summed E-state index contributed by atoms with van der Waals surface area (Å²) in [6, 6.07) is 8.99. The number of ether oxygens (including phenoxy) is 1. The van der Waals surface area contributed by atoms with Crippen LogP contribution in [-0.4, -0.2) is 13.1 Å². The summed E-state index contributed by atoms with van der Waals surface area (Å²) in [5.41, 5.74) is 0.627. The average molecular weight is 254 g/mol. The molecule has 3 nitrogen and oxygen atoms in total. The molecule has 0 saturated heterocycles. The van der Waals surface area contributed by atoms with Crippen molar-refractivity contribution in [3.63, 3.8) is 0 Å². The Morgan fingerprint density at radius 2 is 2.21 bits per heavy atom. The Bertz CT molecular complexity index is 384. The van der Waals surface area contributed by atoms with E-state index in [9.17, 15) is 4.79 Å². The maximum Gasteiger partial charge on any atom is 0.327 e. The largest absolute Gasteiger partial charge is 0.468 e. The van der Waals surface area contributed by atoms with Crippen molar-refractivity contribution in [2.75, 3.05) is 7.11 Å². The summed E-state index contributed by atoms with van der Waals surface area (Å²) in [6.45, 7) is 0. The van der Waals surface area contributed by atoms with Crippen LogP contribution in [0.4, 0.5) is 0 Å². The predicted molar refractivity (Wildman–Crippen MR) is 54.5 cm³/mol. The lowest BCUT2D eigenvalue weighted by Gasteiger charge is -2.08. The van der Waals surface area contributed by atoms with Gasteiger partial charge in [-0.15, -0.1) is 0 Å². The van der Waals surface area contributed by atoms with Gasteiger partial charge in [0.2, 0.25) is 0 Å². The highest BCUT2D eigenvalue weighted by atomic mass is 79.9. The third kappa shape index (κ3) is 2.12. The second kappa shape index (κ2) is 4.77. The maximum absolute atomic E-state index is 11.2. The molecule has 14 heavy (non-hydrogen) atoms. The van der Waals surface area contributed by atoms with Gasteiger partial charge in [0.05, 0.1) is 13.2 Å². The van der Waals surface area contributed by atoms with Crippen LogP contribution < -0.4 is 0 Å². The molecule has 0 heterocycles. The second-order valence-electron chi connectivity index (χ2n) is 2.61. The molecule has 0 aromatic heterocycles. The Morgan fingerprint density at radius 3 is 2.71 bits per heavy atom. The van der Waals surface area contributed by atoms with Crippen LogP contribution in [-0.2, 0) is 9.53 Å². The first kappa shape index (κ1) is 10.7. The molecule has 72 valence electrons. The molecule has 0 unspecified atom stereocenters. The third-order valence-corrected chi connectivity index (χ3v) is 2.50. The zero-order valence-corrected chi connectivity index (χ0v) is 9.11. The van der Waals surface area contributed by atoms with Gasteiger partial charge in [0.1, 0.15) is 0 Å². The number of methoxy groups -OCH3 is 1. The maximum atomic E-state index is 11.2. The van der Waals surface area contributed by atoms with E-state index in [4.69, 9.17) is 5.26 Å². The minimum Gasteiger partial charge on any atom is -0.468 e. The lowest BCUT2D eigenvalue weighted by molar-refractivity contribution is -0.141. The summed E-state index contributed by atoms with van der Waals surface area (Å²) >= 11 is 3.28. The molecule has 0 N–H and O–H groups in total. The molecule has 0 amide bonds. The molecule has 0 aliphatic carbocycles. The summed E-state index contributed by atoms with van der Waals surface area (Å²) in [4.78, 5) is 11.2. The van der Waals surface area contributed by atoms with E-state index in [-0.39, 0.29) is 0 Å². The van der Waals surface area contributed by atoms with Crippen LogP contribution >= 0.6 is 15.9 Å². The predicted octanol–water partition coefficient (Wildman–Crippen LogP) is 2.23. The number of benzene rings is 1. The fourth-order valence-corrected chi connectivity index (χ4v) is 1.59. The van der Waals surface area contributed by atoms with Crippen LogP contribution in [0.3, 0.4) is 0 Å². The molecule has 4 heteroatoms. The molecule has 0 bridgehead atoms. The van der Waals surface area contributed by atoms with Crippen molar-refractivity contribution in [3.8, 4) is 6.07 Å². The Balaban J connectivity index is 3.09. The molecule has 0 radical (unpaired) electrons.